The van der Waals surface area contributed by atoms with Crippen LogP contribution in [-0.4, -0.2) is 55.8 Å². The van der Waals surface area contributed by atoms with Crippen LogP contribution in [0.2, 0.25) is 0 Å². The van der Waals surface area contributed by atoms with Crippen molar-refractivity contribution in [1.29, 1.82) is 0 Å². The topological polar surface area (TPSA) is 59.0 Å². The average molecular weight is 334 g/mol. The lowest BCUT2D eigenvalue weighted by Gasteiger charge is -2.23. The number of aromatic nitrogens is 1. The minimum Gasteiger partial charge on any atom is -0.475 e. The second kappa shape index (κ2) is 8.87. The zero-order chi connectivity index (χ0) is 17.4. The standard InChI is InChI=1S/C18H30N4O2/c1-5-19-17(22-10-8-18(2,3)14-22)21-13-15-7-6-9-20-16(15)24-12-11-23-4/h6-7,9H,5,8,10-14H2,1-4H3,(H,19,21). The number of aliphatic imine (C=N–C) groups is 1. The summed E-state index contributed by atoms with van der Waals surface area (Å²) in [5, 5.41) is 3.40. The van der Waals surface area contributed by atoms with Gasteiger partial charge in [-0.3, -0.25) is 0 Å². The van der Waals surface area contributed by atoms with Crippen molar-refractivity contribution in [2.75, 3.05) is 40.0 Å². The van der Waals surface area contributed by atoms with E-state index in [-0.39, 0.29) is 0 Å². The van der Waals surface area contributed by atoms with Gasteiger partial charge in [-0.25, -0.2) is 9.98 Å². The van der Waals surface area contributed by atoms with E-state index in [0.717, 1.165) is 31.2 Å². The molecular weight excluding hydrogens is 304 g/mol. The fourth-order valence-corrected chi connectivity index (χ4v) is 2.78. The summed E-state index contributed by atoms with van der Waals surface area (Å²) in [6, 6.07) is 3.93. The van der Waals surface area contributed by atoms with Gasteiger partial charge in [-0.1, -0.05) is 19.9 Å². The Hall–Kier alpha value is -1.82. The van der Waals surface area contributed by atoms with Gasteiger partial charge in [0.25, 0.3) is 0 Å². The molecule has 6 heteroatoms. The van der Waals surface area contributed by atoms with Gasteiger partial charge in [0.1, 0.15) is 6.61 Å². The number of pyridine rings is 1. The molecule has 1 aromatic rings. The number of likely N-dealkylation sites (tertiary alicyclic amines) is 1. The minimum absolute atomic E-state index is 0.346. The fourth-order valence-electron chi connectivity index (χ4n) is 2.78. The number of nitrogens with one attached hydrogen (secondary N) is 1. The monoisotopic (exact) mass is 334 g/mol. The van der Waals surface area contributed by atoms with Crippen molar-refractivity contribution < 1.29 is 9.47 Å². The maximum absolute atomic E-state index is 5.69. The highest BCUT2D eigenvalue weighted by molar-refractivity contribution is 5.80. The Morgan fingerprint density at radius 1 is 1.42 bits per heavy atom. The fraction of sp³-hybridized carbons (Fsp3) is 0.667. The second-order valence-corrected chi connectivity index (χ2v) is 6.81. The number of nitrogens with zero attached hydrogens (tertiary/aromatic N) is 3. The lowest BCUT2D eigenvalue weighted by atomic mass is 9.93. The molecule has 0 atom stereocenters. The van der Waals surface area contributed by atoms with Crippen molar-refractivity contribution in [2.24, 2.45) is 10.4 Å². The van der Waals surface area contributed by atoms with E-state index < -0.39 is 0 Å². The van der Waals surface area contributed by atoms with Gasteiger partial charge in [-0.05, 0) is 24.8 Å². The maximum Gasteiger partial charge on any atom is 0.218 e. The van der Waals surface area contributed by atoms with Gasteiger partial charge in [-0.2, -0.15) is 0 Å². The summed E-state index contributed by atoms with van der Waals surface area (Å²) in [6.45, 7) is 11.2. The molecule has 0 spiro atoms. The molecule has 2 rings (SSSR count). The van der Waals surface area contributed by atoms with Gasteiger partial charge in [0.15, 0.2) is 5.96 Å². The van der Waals surface area contributed by atoms with Gasteiger partial charge in [0.2, 0.25) is 5.88 Å². The number of hydrogen-bond donors (Lipinski definition) is 1. The molecule has 1 aromatic heterocycles. The van der Waals surface area contributed by atoms with Crippen molar-refractivity contribution in [3.8, 4) is 5.88 Å². The first-order chi connectivity index (χ1) is 11.6. The molecule has 0 radical (unpaired) electrons. The Morgan fingerprint density at radius 2 is 2.25 bits per heavy atom. The smallest absolute Gasteiger partial charge is 0.218 e. The molecule has 2 heterocycles. The summed E-state index contributed by atoms with van der Waals surface area (Å²) in [5.74, 6) is 1.60. The Labute approximate surface area is 145 Å². The maximum atomic E-state index is 5.69. The van der Waals surface area contributed by atoms with Crippen LogP contribution >= 0.6 is 0 Å². The van der Waals surface area contributed by atoms with E-state index in [9.17, 15) is 0 Å². The van der Waals surface area contributed by atoms with Gasteiger partial charge in [-0.15, -0.1) is 0 Å². The molecule has 0 aromatic carbocycles. The van der Waals surface area contributed by atoms with Crippen molar-refractivity contribution in [3.63, 3.8) is 0 Å². The second-order valence-electron chi connectivity index (χ2n) is 6.81. The number of hydrogen-bond acceptors (Lipinski definition) is 4. The third kappa shape index (κ3) is 5.37. The Morgan fingerprint density at radius 3 is 2.92 bits per heavy atom. The first-order valence-electron chi connectivity index (χ1n) is 8.64. The molecule has 1 aliphatic rings. The molecule has 0 aliphatic carbocycles. The molecule has 0 saturated carbocycles. The van der Waals surface area contributed by atoms with Gasteiger partial charge in [0.05, 0.1) is 13.2 Å². The highest BCUT2D eigenvalue weighted by Gasteiger charge is 2.30. The van der Waals surface area contributed by atoms with Gasteiger partial charge < -0.3 is 19.7 Å². The molecule has 6 nitrogen and oxygen atoms in total. The predicted octanol–water partition coefficient (Wildman–Crippen LogP) is 2.30. The van der Waals surface area contributed by atoms with E-state index in [1.165, 1.54) is 6.42 Å². The molecule has 134 valence electrons. The molecule has 0 amide bonds. The molecule has 1 fully saturated rings. The van der Waals surface area contributed by atoms with Crippen LogP contribution in [-0.2, 0) is 11.3 Å². The molecule has 1 aliphatic heterocycles. The number of ether oxygens (including phenoxy) is 2. The average Bonchev–Trinajstić information content (AvgIpc) is 2.92. The number of methoxy groups -OCH3 is 1. The van der Waals surface area contributed by atoms with Crippen LogP contribution in [0.25, 0.3) is 0 Å². The third-order valence-corrected chi connectivity index (χ3v) is 4.09. The first-order valence-corrected chi connectivity index (χ1v) is 8.64. The zero-order valence-corrected chi connectivity index (χ0v) is 15.3. The van der Waals surface area contributed by atoms with Crippen LogP contribution in [0.3, 0.4) is 0 Å². The third-order valence-electron chi connectivity index (χ3n) is 4.09. The number of rotatable bonds is 7. The van der Waals surface area contributed by atoms with E-state index in [0.29, 0.717) is 31.1 Å². The van der Waals surface area contributed by atoms with Crippen LogP contribution < -0.4 is 10.1 Å². The summed E-state index contributed by atoms with van der Waals surface area (Å²) in [6.07, 6.45) is 2.93. The first kappa shape index (κ1) is 18.5. The van der Waals surface area contributed by atoms with Crippen LogP contribution in [0.5, 0.6) is 5.88 Å². The van der Waals surface area contributed by atoms with Gasteiger partial charge >= 0.3 is 0 Å². The van der Waals surface area contributed by atoms with Gasteiger partial charge in [0, 0.05) is 38.5 Å². The largest absolute Gasteiger partial charge is 0.475 e. The zero-order valence-electron chi connectivity index (χ0n) is 15.3. The van der Waals surface area contributed by atoms with Crippen LogP contribution in [0.4, 0.5) is 0 Å². The summed E-state index contributed by atoms with van der Waals surface area (Å²) in [4.78, 5) is 11.5. The van der Waals surface area contributed by atoms with E-state index >= 15 is 0 Å². The predicted molar refractivity (Wildman–Crippen MR) is 96.4 cm³/mol. The van der Waals surface area contributed by atoms with Crippen LogP contribution in [0.15, 0.2) is 23.3 Å². The molecular formula is C18H30N4O2. The Bertz CT molecular complexity index is 546. The van der Waals surface area contributed by atoms with Crippen LogP contribution in [0, 0.1) is 5.41 Å². The summed E-state index contributed by atoms with van der Waals surface area (Å²) in [7, 11) is 1.66. The number of guanidine groups is 1. The molecule has 0 unspecified atom stereocenters. The SMILES string of the molecule is CCNC(=NCc1cccnc1OCCOC)N1CCC(C)(C)C1. The Kier molecular flexibility index (Phi) is 6.85. The van der Waals surface area contributed by atoms with E-state index in [1.54, 1.807) is 13.3 Å². The molecule has 0 bridgehead atoms. The summed E-state index contributed by atoms with van der Waals surface area (Å²) in [5.41, 5.74) is 1.33. The van der Waals surface area contributed by atoms with E-state index in [1.807, 2.05) is 12.1 Å². The minimum atomic E-state index is 0.346. The van der Waals surface area contributed by atoms with Crippen molar-refractivity contribution in [2.45, 2.75) is 33.7 Å². The van der Waals surface area contributed by atoms with Crippen molar-refractivity contribution >= 4 is 5.96 Å². The van der Waals surface area contributed by atoms with E-state index in [4.69, 9.17) is 14.5 Å². The van der Waals surface area contributed by atoms with E-state index in [2.05, 4.69) is 36.0 Å². The molecule has 24 heavy (non-hydrogen) atoms. The quantitative estimate of drug-likeness (QED) is 0.471. The molecule has 1 N–H and O–H groups in total. The highest BCUT2D eigenvalue weighted by Crippen LogP contribution is 2.28. The normalized spacial score (nSPS) is 17.2. The summed E-state index contributed by atoms with van der Waals surface area (Å²) >= 11 is 0. The molecule has 1 saturated heterocycles. The Balaban J connectivity index is 2.06. The summed E-state index contributed by atoms with van der Waals surface area (Å²) < 4.78 is 10.7. The lowest BCUT2D eigenvalue weighted by Crippen LogP contribution is -2.40. The highest BCUT2D eigenvalue weighted by atomic mass is 16.5. The van der Waals surface area contributed by atoms with Crippen LogP contribution in [0.1, 0.15) is 32.8 Å². The van der Waals surface area contributed by atoms with Crippen molar-refractivity contribution in [1.82, 2.24) is 15.2 Å². The lowest BCUT2D eigenvalue weighted by molar-refractivity contribution is 0.143. The van der Waals surface area contributed by atoms with Crippen molar-refractivity contribution in [3.05, 3.63) is 23.9 Å².